The van der Waals surface area contributed by atoms with Gasteiger partial charge in [0.25, 0.3) is 0 Å². The van der Waals surface area contributed by atoms with Crippen molar-refractivity contribution >= 4 is 0 Å². The summed E-state index contributed by atoms with van der Waals surface area (Å²) in [6.45, 7) is 8.60. The number of hydrogen-bond acceptors (Lipinski definition) is 7. The molecule has 1 aromatic carbocycles. The van der Waals surface area contributed by atoms with E-state index in [1.54, 1.807) is 0 Å². The van der Waals surface area contributed by atoms with Crippen LogP contribution in [-0.2, 0) is 28.4 Å². The van der Waals surface area contributed by atoms with E-state index in [0.29, 0.717) is 13.0 Å². The van der Waals surface area contributed by atoms with Gasteiger partial charge in [0.2, 0.25) is 0 Å². The summed E-state index contributed by atoms with van der Waals surface area (Å²) in [7, 11) is 0. The highest BCUT2D eigenvalue weighted by Crippen LogP contribution is 2.50. The molecule has 31 heavy (non-hydrogen) atoms. The van der Waals surface area contributed by atoms with Crippen LogP contribution in [0, 0.1) is 11.8 Å². The summed E-state index contributed by atoms with van der Waals surface area (Å²) < 4.78 is 36.7. The molecule has 8 atom stereocenters. The van der Waals surface area contributed by atoms with E-state index in [1.807, 2.05) is 58.0 Å². The molecule has 1 aliphatic carbocycles. The van der Waals surface area contributed by atoms with E-state index in [2.05, 4.69) is 0 Å². The Kier molecular flexibility index (Phi) is 5.66. The Balaban J connectivity index is 1.33. The fourth-order valence-corrected chi connectivity index (χ4v) is 5.65. The van der Waals surface area contributed by atoms with Crippen molar-refractivity contribution in [3.05, 3.63) is 35.9 Å². The first kappa shape index (κ1) is 21.8. The molecule has 1 unspecified atom stereocenters. The predicted octanol–water partition coefficient (Wildman–Crippen LogP) is 3.16. The van der Waals surface area contributed by atoms with Crippen molar-refractivity contribution in [2.75, 3.05) is 13.2 Å². The number of fused-ring (bicyclic) bond motifs is 1. The minimum Gasteiger partial charge on any atom is -0.388 e. The third kappa shape index (κ3) is 4.42. The Morgan fingerprint density at radius 1 is 0.935 bits per heavy atom. The van der Waals surface area contributed by atoms with Crippen LogP contribution in [0.5, 0.6) is 0 Å². The Bertz CT molecular complexity index is 766. The van der Waals surface area contributed by atoms with Crippen LogP contribution in [0.3, 0.4) is 0 Å². The van der Waals surface area contributed by atoms with Gasteiger partial charge in [0, 0.05) is 11.5 Å². The van der Waals surface area contributed by atoms with E-state index in [9.17, 15) is 5.11 Å². The van der Waals surface area contributed by atoms with Crippen molar-refractivity contribution in [2.24, 2.45) is 11.8 Å². The zero-order valence-corrected chi connectivity index (χ0v) is 18.7. The first-order chi connectivity index (χ1) is 14.7. The summed E-state index contributed by atoms with van der Waals surface area (Å²) in [6.07, 6.45) is -0.0323. The lowest BCUT2D eigenvalue weighted by Gasteiger charge is -2.37. The van der Waals surface area contributed by atoms with Gasteiger partial charge < -0.3 is 33.5 Å². The summed E-state index contributed by atoms with van der Waals surface area (Å²) >= 11 is 0. The largest absolute Gasteiger partial charge is 0.388 e. The minimum atomic E-state index is -0.670. The molecule has 4 aliphatic rings. The lowest BCUT2D eigenvalue weighted by Crippen LogP contribution is -2.44. The van der Waals surface area contributed by atoms with Gasteiger partial charge in [-0.05, 0) is 46.5 Å². The number of aliphatic hydroxyl groups excluding tert-OH is 1. The summed E-state index contributed by atoms with van der Waals surface area (Å²) in [5.74, 6) is -0.860. The average molecular weight is 435 g/mol. The van der Waals surface area contributed by atoms with Gasteiger partial charge in [-0.15, -0.1) is 0 Å². The quantitative estimate of drug-likeness (QED) is 0.780. The minimum absolute atomic E-state index is 0.0132. The number of rotatable bonds is 4. The molecule has 7 nitrogen and oxygen atoms in total. The lowest BCUT2D eigenvalue weighted by atomic mass is 9.84. The summed E-state index contributed by atoms with van der Waals surface area (Å²) in [5.41, 5.74) is 0.960. The van der Waals surface area contributed by atoms with Crippen molar-refractivity contribution in [1.82, 2.24) is 0 Å². The van der Waals surface area contributed by atoms with Gasteiger partial charge in [-0.25, -0.2) is 0 Å². The maximum Gasteiger partial charge on any atom is 0.184 e. The number of hydrogen-bond donors (Lipinski definition) is 1. The number of benzene rings is 1. The first-order valence-electron chi connectivity index (χ1n) is 11.4. The number of aliphatic hydroxyl groups is 1. The summed E-state index contributed by atoms with van der Waals surface area (Å²) in [5, 5.41) is 10.6. The third-order valence-corrected chi connectivity index (χ3v) is 6.89. The summed E-state index contributed by atoms with van der Waals surface area (Å²) in [4.78, 5) is 0. The van der Waals surface area contributed by atoms with Gasteiger partial charge in [0.1, 0.15) is 6.10 Å². The van der Waals surface area contributed by atoms with Crippen molar-refractivity contribution in [3.8, 4) is 0 Å². The second kappa shape index (κ2) is 8.06. The van der Waals surface area contributed by atoms with Crippen LogP contribution in [0.4, 0.5) is 0 Å². The molecule has 172 valence electrons. The molecule has 4 fully saturated rings. The molecule has 3 heterocycles. The standard InChI is InChI=1S/C24H34O7/c1-23(2)27-13-19(30-23)20-15(11-18-21(20)31-24(3,4)29-18)10-17-16(25)12-26-22(28-17)14-8-6-5-7-9-14/h5-9,15-22,25H,10-13H2,1-4H3/t15-,16-,17+,18+,19-,20-,21+,22?/m0/s1. The third-order valence-electron chi connectivity index (χ3n) is 6.89. The lowest BCUT2D eigenvalue weighted by molar-refractivity contribution is -0.262. The van der Waals surface area contributed by atoms with Crippen LogP contribution >= 0.6 is 0 Å². The molecule has 0 radical (unpaired) electrons. The highest BCUT2D eigenvalue weighted by atomic mass is 16.8. The smallest absolute Gasteiger partial charge is 0.184 e. The monoisotopic (exact) mass is 434 g/mol. The molecule has 3 saturated heterocycles. The molecular formula is C24H34O7. The molecule has 1 aromatic rings. The molecule has 0 amide bonds. The molecule has 0 bridgehead atoms. The molecule has 0 aromatic heterocycles. The van der Waals surface area contributed by atoms with E-state index < -0.39 is 24.0 Å². The molecule has 1 saturated carbocycles. The van der Waals surface area contributed by atoms with E-state index in [-0.39, 0.29) is 42.9 Å². The van der Waals surface area contributed by atoms with Crippen LogP contribution < -0.4 is 0 Å². The maximum absolute atomic E-state index is 10.6. The van der Waals surface area contributed by atoms with E-state index in [4.69, 9.17) is 28.4 Å². The second-order valence-electron chi connectivity index (χ2n) is 10.1. The topological polar surface area (TPSA) is 75.6 Å². The van der Waals surface area contributed by atoms with Crippen LogP contribution in [0.2, 0.25) is 0 Å². The summed E-state index contributed by atoms with van der Waals surface area (Å²) in [6, 6.07) is 9.86. The Hall–Kier alpha value is -1.06. The van der Waals surface area contributed by atoms with Crippen LogP contribution in [0.25, 0.3) is 0 Å². The van der Waals surface area contributed by atoms with Crippen molar-refractivity contribution in [3.63, 3.8) is 0 Å². The van der Waals surface area contributed by atoms with Crippen LogP contribution in [-0.4, -0.2) is 60.4 Å². The van der Waals surface area contributed by atoms with Crippen molar-refractivity contribution in [1.29, 1.82) is 0 Å². The van der Waals surface area contributed by atoms with Gasteiger partial charge in [-0.1, -0.05) is 30.3 Å². The van der Waals surface area contributed by atoms with E-state index in [1.165, 1.54) is 0 Å². The fourth-order valence-electron chi connectivity index (χ4n) is 5.65. The van der Waals surface area contributed by atoms with Gasteiger partial charge in [0.15, 0.2) is 17.9 Å². The molecule has 7 heteroatoms. The van der Waals surface area contributed by atoms with Gasteiger partial charge in [0.05, 0.1) is 37.6 Å². The van der Waals surface area contributed by atoms with E-state index in [0.717, 1.165) is 12.0 Å². The normalized spacial score (nSPS) is 43.8. The molecule has 0 spiro atoms. The maximum atomic E-state index is 10.6. The Morgan fingerprint density at radius 2 is 1.68 bits per heavy atom. The average Bonchev–Trinajstić information content (AvgIpc) is 3.32. The van der Waals surface area contributed by atoms with Crippen LogP contribution in [0.1, 0.15) is 52.4 Å². The zero-order valence-electron chi connectivity index (χ0n) is 18.7. The molecular weight excluding hydrogens is 400 g/mol. The predicted molar refractivity (Wildman–Crippen MR) is 111 cm³/mol. The van der Waals surface area contributed by atoms with Crippen LogP contribution in [0.15, 0.2) is 30.3 Å². The SMILES string of the molecule is CC1(C)OC[C@@H]([C@@H]2[C@@H](C[C@H]3OC(c4ccccc4)OC[C@@H]3O)C[C@H]3OC(C)(C)O[C@@H]23)O1. The number of ether oxygens (including phenoxy) is 6. The fraction of sp³-hybridized carbons (Fsp3) is 0.750. The molecule has 3 aliphatic heterocycles. The van der Waals surface area contributed by atoms with Crippen molar-refractivity contribution < 1.29 is 33.5 Å². The Labute approximate surface area is 183 Å². The zero-order chi connectivity index (χ0) is 21.8. The van der Waals surface area contributed by atoms with Gasteiger partial charge in [-0.2, -0.15) is 0 Å². The highest BCUT2D eigenvalue weighted by Gasteiger charge is 2.58. The molecule has 1 N–H and O–H groups in total. The molecule has 5 rings (SSSR count). The van der Waals surface area contributed by atoms with Crippen molar-refractivity contribution in [2.45, 2.75) is 88.9 Å². The Morgan fingerprint density at radius 3 is 2.39 bits per heavy atom. The van der Waals surface area contributed by atoms with Gasteiger partial charge in [-0.3, -0.25) is 0 Å². The first-order valence-corrected chi connectivity index (χ1v) is 11.4. The van der Waals surface area contributed by atoms with E-state index >= 15 is 0 Å². The highest BCUT2D eigenvalue weighted by molar-refractivity contribution is 5.16. The van der Waals surface area contributed by atoms with Gasteiger partial charge >= 0.3 is 0 Å². The second-order valence-corrected chi connectivity index (χ2v) is 10.1.